The minimum atomic E-state index is -0.199. The van der Waals surface area contributed by atoms with Crippen LogP contribution in [0.2, 0.25) is 0 Å². The first-order valence-electron chi connectivity index (χ1n) is 4.58. The largest absolute Gasteiger partial charge is 0.494 e. The molecular formula is C11H13NO2. The Labute approximate surface area is 83.4 Å². The summed E-state index contributed by atoms with van der Waals surface area (Å²) < 4.78 is 5.41. The summed E-state index contributed by atoms with van der Waals surface area (Å²) in [5.74, 6) is 0.779. The van der Waals surface area contributed by atoms with Crippen LogP contribution in [0.4, 0.5) is 0 Å². The van der Waals surface area contributed by atoms with E-state index in [4.69, 9.17) is 4.74 Å². The molecule has 0 heterocycles. The van der Waals surface area contributed by atoms with E-state index >= 15 is 0 Å². The van der Waals surface area contributed by atoms with E-state index < -0.39 is 0 Å². The molecule has 0 spiro atoms. The zero-order chi connectivity index (χ0) is 10.4. The smallest absolute Gasteiger partial charge is 0.235 e. The van der Waals surface area contributed by atoms with Crippen molar-refractivity contribution >= 4 is 6.08 Å². The van der Waals surface area contributed by atoms with E-state index in [1.54, 1.807) is 6.08 Å². The SMILES string of the molecule is CCOc1ccccc1C(C)N=C=O. The number of hydrogen-bond acceptors (Lipinski definition) is 3. The Morgan fingerprint density at radius 2 is 2.21 bits per heavy atom. The summed E-state index contributed by atoms with van der Waals surface area (Å²) >= 11 is 0. The van der Waals surface area contributed by atoms with Crippen LogP contribution in [0.5, 0.6) is 5.75 Å². The Morgan fingerprint density at radius 1 is 1.50 bits per heavy atom. The van der Waals surface area contributed by atoms with Gasteiger partial charge in [0.25, 0.3) is 0 Å². The van der Waals surface area contributed by atoms with Crippen LogP contribution in [0.1, 0.15) is 25.5 Å². The summed E-state index contributed by atoms with van der Waals surface area (Å²) in [4.78, 5) is 13.8. The lowest BCUT2D eigenvalue weighted by molar-refractivity contribution is 0.335. The van der Waals surface area contributed by atoms with Gasteiger partial charge in [0.1, 0.15) is 5.75 Å². The van der Waals surface area contributed by atoms with E-state index in [1.807, 2.05) is 38.1 Å². The molecule has 0 aliphatic rings. The van der Waals surface area contributed by atoms with Crippen molar-refractivity contribution in [3.8, 4) is 5.75 Å². The standard InChI is InChI=1S/C11H13NO2/c1-3-14-11-7-5-4-6-10(11)9(2)12-8-13/h4-7,9H,3H2,1-2H3. The molecule has 0 N–H and O–H groups in total. The zero-order valence-corrected chi connectivity index (χ0v) is 8.36. The summed E-state index contributed by atoms with van der Waals surface area (Å²) in [7, 11) is 0. The average Bonchev–Trinajstić information content (AvgIpc) is 2.19. The summed E-state index contributed by atoms with van der Waals surface area (Å²) in [5.41, 5.74) is 0.915. The topological polar surface area (TPSA) is 38.7 Å². The van der Waals surface area contributed by atoms with Gasteiger partial charge in [-0.2, -0.15) is 4.99 Å². The molecule has 14 heavy (non-hydrogen) atoms. The van der Waals surface area contributed by atoms with E-state index in [1.165, 1.54) is 0 Å². The highest BCUT2D eigenvalue weighted by Gasteiger charge is 2.08. The number of para-hydroxylation sites is 1. The van der Waals surface area contributed by atoms with Gasteiger partial charge in [0.2, 0.25) is 6.08 Å². The Kier molecular flexibility index (Phi) is 3.89. The lowest BCUT2D eigenvalue weighted by atomic mass is 10.1. The van der Waals surface area contributed by atoms with E-state index in [9.17, 15) is 4.79 Å². The molecular weight excluding hydrogens is 178 g/mol. The number of nitrogens with zero attached hydrogens (tertiary/aromatic N) is 1. The van der Waals surface area contributed by atoms with Crippen LogP contribution >= 0.6 is 0 Å². The molecule has 0 aliphatic heterocycles. The Morgan fingerprint density at radius 3 is 2.86 bits per heavy atom. The lowest BCUT2D eigenvalue weighted by Crippen LogP contribution is -1.98. The van der Waals surface area contributed by atoms with E-state index in [0.717, 1.165) is 11.3 Å². The Bertz CT molecular complexity index is 343. The highest BCUT2D eigenvalue weighted by molar-refractivity contribution is 5.40. The van der Waals surface area contributed by atoms with Gasteiger partial charge in [-0.3, -0.25) is 0 Å². The maximum Gasteiger partial charge on any atom is 0.235 e. The van der Waals surface area contributed by atoms with Gasteiger partial charge in [-0.1, -0.05) is 18.2 Å². The number of ether oxygens (including phenoxy) is 1. The molecule has 3 heteroatoms. The molecule has 1 atom stereocenters. The van der Waals surface area contributed by atoms with Gasteiger partial charge in [-0.15, -0.1) is 0 Å². The van der Waals surface area contributed by atoms with Gasteiger partial charge in [0.05, 0.1) is 12.6 Å². The molecule has 0 fully saturated rings. The molecule has 1 unspecified atom stereocenters. The molecule has 1 aromatic carbocycles. The second-order valence-corrected chi connectivity index (χ2v) is 2.87. The summed E-state index contributed by atoms with van der Waals surface area (Å²) in [6.07, 6.45) is 1.55. The van der Waals surface area contributed by atoms with Crippen LogP contribution in [0.3, 0.4) is 0 Å². The maximum atomic E-state index is 10.1. The molecule has 0 radical (unpaired) electrons. The first-order valence-corrected chi connectivity index (χ1v) is 4.58. The molecule has 0 saturated carbocycles. The molecule has 3 nitrogen and oxygen atoms in total. The van der Waals surface area contributed by atoms with Gasteiger partial charge < -0.3 is 4.74 Å². The molecule has 1 aromatic rings. The van der Waals surface area contributed by atoms with Gasteiger partial charge in [0, 0.05) is 5.56 Å². The monoisotopic (exact) mass is 191 g/mol. The Hall–Kier alpha value is -1.60. The average molecular weight is 191 g/mol. The molecule has 74 valence electrons. The quantitative estimate of drug-likeness (QED) is 0.541. The van der Waals surface area contributed by atoms with Crippen molar-refractivity contribution in [1.82, 2.24) is 0 Å². The lowest BCUT2D eigenvalue weighted by Gasteiger charge is -2.11. The van der Waals surface area contributed by atoms with Gasteiger partial charge >= 0.3 is 0 Å². The highest BCUT2D eigenvalue weighted by Crippen LogP contribution is 2.26. The second kappa shape index (κ2) is 5.20. The van der Waals surface area contributed by atoms with Crippen LogP contribution in [0, 0.1) is 0 Å². The summed E-state index contributed by atoms with van der Waals surface area (Å²) in [5, 5.41) is 0. The molecule has 0 aliphatic carbocycles. The van der Waals surface area contributed by atoms with Gasteiger partial charge in [-0.25, -0.2) is 4.79 Å². The third kappa shape index (κ3) is 2.44. The molecule has 0 bridgehead atoms. The predicted molar refractivity (Wildman–Crippen MR) is 54.1 cm³/mol. The van der Waals surface area contributed by atoms with Crippen molar-refractivity contribution in [1.29, 1.82) is 0 Å². The summed E-state index contributed by atoms with van der Waals surface area (Å²) in [6.45, 7) is 4.36. The zero-order valence-electron chi connectivity index (χ0n) is 8.36. The first kappa shape index (κ1) is 10.5. The van der Waals surface area contributed by atoms with Gasteiger partial charge in [-0.05, 0) is 19.9 Å². The van der Waals surface area contributed by atoms with Crippen LogP contribution in [0.25, 0.3) is 0 Å². The minimum Gasteiger partial charge on any atom is -0.494 e. The number of rotatable bonds is 4. The fraction of sp³-hybridized carbons (Fsp3) is 0.364. The normalized spacial score (nSPS) is 11.6. The number of carbonyl (C=O) groups excluding carboxylic acids is 1. The highest BCUT2D eigenvalue weighted by atomic mass is 16.5. The summed E-state index contributed by atoms with van der Waals surface area (Å²) in [6, 6.07) is 7.36. The fourth-order valence-electron chi connectivity index (χ4n) is 1.26. The van der Waals surface area contributed by atoms with E-state index in [2.05, 4.69) is 4.99 Å². The second-order valence-electron chi connectivity index (χ2n) is 2.87. The number of aliphatic imine (C=N–C) groups is 1. The number of isocyanates is 1. The van der Waals surface area contributed by atoms with Crippen molar-refractivity contribution < 1.29 is 9.53 Å². The molecule has 0 amide bonds. The Balaban J connectivity index is 2.99. The van der Waals surface area contributed by atoms with Crippen molar-refractivity contribution in [3.05, 3.63) is 29.8 Å². The van der Waals surface area contributed by atoms with Crippen LogP contribution in [-0.2, 0) is 4.79 Å². The van der Waals surface area contributed by atoms with Crippen molar-refractivity contribution in [3.63, 3.8) is 0 Å². The third-order valence-corrected chi connectivity index (χ3v) is 1.92. The third-order valence-electron chi connectivity index (χ3n) is 1.92. The van der Waals surface area contributed by atoms with Crippen molar-refractivity contribution in [2.45, 2.75) is 19.9 Å². The predicted octanol–water partition coefficient (Wildman–Crippen LogP) is 2.48. The fourth-order valence-corrected chi connectivity index (χ4v) is 1.26. The minimum absolute atomic E-state index is 0.199. The van der Waals surface area contributed by atoms with Gasteiger partial charge in [0.15, 0.2) is 0 Å². The van der Waals surface area contributed by atoms with E-state index in [-0.39, 0.29) is 6.04 Å². The van der Waals surface area contributed by atoms with E-state index in [0.29, 0.717) is 6.61 Å². The van der Waals surface area contributed by atoms with Crippen LogP contribution in [0.15, 0.2) is 29.3 Å². The van der Waals surface area contributed by atoms with Crippen LogP contribution in [-0.4, -0.2) is 12.7 Å². The first-order chi connectivity index (χ1) is 6.79. The van der Waals surface area contributed by atoms with Crippen molar-refractivity contribution in [2.75, 3.05) is 6.61 Å². The molecule has 0 saturated heterocycles. The van der Waals surface area contributed by atoms with Crippen molar-refractivity contribution in [2.24, 2.45) is 4.99 Å². The van der Waals surface area contributed by atoms with Crippen LogP contribution < -0.4 is 4.74 Å². The number of hydrogen-bond donors (Lipinski definition) is 0. The maximum absolute atomic E-state index is 10.1. The molecule has 1 rings (SSSR count). The molecule has 0 aromatic heterocycles. The number of benzene rings is 1.